The highest BCUT2D eigenvalue weighted by molar-refractivity contribution is 7.11. The van der Waals surface area contributed by atoms with Crippen molar-refractivity contribution in [1.82, 2.24) is 15.3 Å². The van der Waals surface area contributed by atoms with Crippen LogP contribution < -0.4 is 5.32 Å². The van der Waals surface area contributed by atoms with Gasteiger partial charge < -0.3 is 5.32 Å². The first kappa shape index (κ1) is 15.1. The third-order valence-electron chi connectivity index (χ3n) is 3.07. The third kappa shape index (κ3) is 3.87. The fourth-order valence-electron chi connectivity index (χ4n) is 2.10. The summed E-state index contributed by atoms with van der Waals surface area (Å²) in [6.45, 7) is 10.7. The lowest BCUT2D eigenvalue weighted by atomic mass is 9.91. The van der Waals surface area contributed by atoms with Crippen molar-refractivity contribution in [3.8, 4) is 0 Å². The summed E-state index contributed by atoms with van der Waals surface area (Å²) < 4.78 is 0. The fourth-order valence-corrected chi connectivity index (χ4v) is 3.38. The van der Waals surface area contributed by atoms with E-state index in [-0.39, 0.29) is 5.41 Å². The number of aromatic nitrogens is 2. The average molecular weight is 289 g/mol. The largest absolute Gasteiger partial charge is 0.312 e. The van der Waals surface area contributed by atoms with Crippen molar-refractivity contribution >= 4 is 11.3 Å². The molecule has 2 aromatic heterocycles. The molecule has 0 amide bonds. The van der Waals surface area contributed by atoms with Gasteiger partial charge in [0.15, 0.2) is 0 Å². The molecule has 108 valence electrons. The van der Waals surface area contributed by atoms with Gasteiger partial charge in [-0.25, -0.2) is 4.98 Å². The van der Waals surface area contributed by atoms with E-state index in [0.717, 1.165) is 19.5 Å². The summed E-state index contributed by atoms with van der Waals surface area (Å²) in [6.07, 6.45) is 4.60. The van der Waals surface area contributed by atoms with Crippen LogP contribution in [-0.2, 0) is 18.4 Å². The van der Waals surface area contributed by atoms with Crippen molar-refractivity contribution in [3.05, 3.63) is 45.7 Å². The molecule has 0 aliphatic rings. The molecule has 0 atom stereocenters. The maximum absolute atomic E-state index is 4.88. The van der Waals surface area contributed by atoms with Crippen LogP contribution in [-0.4, -0.2) is 16.5 Å². The van der Waals surface area contributed by atoms with Crippen LogP contribution in [0, 0.1) is 0 Å². The summed E-state index contributed by atoms with van der Waals surface area (Å²) in [5.74, 6) is 0. The Kier molecular flexibility index (Phi) is 4.89. The van der Waals surface area contributed by atoms with Crippen LogP contribution in [0.4, 0.5) is 0 Å². The van der Waals surface area contributed by atoms with Crippen molar-refractivity contribution in [2.24, 2.45) is 0 Å². The highest BCUT2D eigenvalue weighted by atomic mass is 32.1. The van der Waals surface area contributed by atoms with Crippen molar-refractivity contribution in [3.63, 3.8) is 0 Å². The number of pyridine rings is 1. The number of rotatable bonds is 5. The van der Waals surface area contributed by atoms with E-state index in [4.69, 9.17) is 4.98 Å². The molecule has 0 aliphatic carbocycles. The van der Waals surface area contributed by atoms with Crippen molar-refractivity contribution in [2.45, 2.75) is 46.1 Å². The number of hydrogen-bond acceptors (Lipinski definition) is 4. The monoisotopic (exact) mass is 289 g/mol. The first-order valence-corrected chi connectivity index (χ1v) is 7.91. The van der Waals surface area contributed by atoms with Gasteiger partial charge in [-0.15, -0.1) is 11.3 Å². The molecule has 0 radical (unpaired) electrons. The SMILES string of the molecule is CCNCc1sc(Cc2cccnc2)nc1C(C)(C)C. The molecule has 0 aromatic carbocycles. The second-order valence-electron chi connectivity index (χ2n) is 5.95. The molecular weight excluding hydrogens is 266 g/mol. The zero-order chi connectivity index (χ0) is 14.6. The molecule has 0 saturated carbocycles. The summed E-state index contributed by atoms with van der Waals surface area (Å²) >= 11 is 1.82. The Hall–Kier alpha value is -1.26. The van der Waals surface area contributed by atoms with E-state index < -0.39 is 0 Å². The standard InChI is InChI=1S/C16H23N3S/c1-5-17-11-13-15(16(2,3)4)19-14(20-13)9-12-7-6-8-18-10-12/h6-8,10,17H,5,9,11H2,1-4H3. The summed E-state index contributed by atoms with van der Waals surface area (Å²) in [7, 11) is 0. The van der Waals surface area contributed by atoms with Gasteiger partial charge in [0.2, 0.25) is 0 Å². The van der Waals surface area contributed by atoms with Crippen LogP contribution in [0.5, 0.6) is 0 Å². The van der Waals surface area contributed by atoms with Gasteiger partial charge in [0.25, 0.3) is 0 Å². The Bertz CT molecular complexity index is 541. The maximum Gasteiger partial charge on any atom is 0.0976 e. The molecule has 0 aliphatic heterocycles. The minimum atomic E-state index is 0.0917. The molecule has 2 rings (SSSR count). The minimum absolute atomic E-state index is 0.0917. The van der Waals surface area contributed by atoms with Crippen LogP contribution in [0.1, 0.15) is 48.8 Å². The van der Waals surface area contributed by atoms with Gasteiger partial charge >= 0.3 is 0 Å². The van der Waals surface area contributed by atoms with E-state index in [2.05, 4.69) is 44.1 Å². The molecule has 2 heterocycles. The fraction of sp³-hybridized carbons (Fsp3) is 0.500. The van der Waals surface area contributed by atoms with Crippen LogP contribution in [0.15, 0.2) is 24.5 Å². The highest BCUT2D eigenvalue weighted by Crippen LogP contribution is 2.30. The Morgan fingerprint density at radius 1 is 1.30 bits per heavy atom. The lowest BCUT2D eigenvalue weighted by molar-refractivity contribution is 0.559. The molecule has 0 spiro atoms. The van der Waals surface area contributed by atoms with E-state index in [1.54, 1.807) is 0 Å². The minimum Gasteiger partial charge on any atom is -0.312 e. The zero-order valence-electron chi connectivity index (χ0n) is 12.7. The number of hydrogen-bond donors (Lipinski definition) is 1. The Morgan fingerprint density at radius 2 is 2.10 bits per heavy atom. The van der Waals surface area contributed by atoms with Gasteiger partial charge in [-0.05, 0) is 18.2 Å². The van der Waals surface area contributed by atoms with Crippen LogP contribution in [0.25, 0.3) is 0 Å². The first-order chi connectivity index (χ1) is 9.50. The van der Waals surface area contributed by atoms with Crippen molar-refractivity contribution < 1.29 is 0 Å². The number of nitrogens with one attached hydrogen (secondary N) is 1. The van der Waals surface area contributed by atoms with Gasteiger partial charge in [0, 0.05) is 35.7 Å². The smallest absolute Gasteiger partial charge is 0.0976 e. The second-order valence-corrected chi connectivity index (χ2v) is 7.12. The molecule has 0 unspecified atom stereocenters. The normalized spacial score (nSPS) is 11.8. The van der Waals surface area contributed by atoms with Gasteiger partial charge in [0.05, 0.1) is 10.7 Å². The maximum atomic E-state index is 4.88. The summed E-state index contributed by atoms with van der Waals surface area (Å²) in [6, 6.07) is 4.09. The Balaban J connectivity index is 2.24. The quantitative estimate of drug-likeness (QED) is 0.915. The van der Waals surface area contributed by atoms with Gasteiger partial charge in [-0.1, -0.05) is 33.8 Å². The summed E-state index contributed by atoms with van der Waals surface area (Å²) in [5, 5.41) is 4.59. The van der Waals surface area contributed by atoms with Gasteiger partial charge in [-0.3, -0.25) is 4.98 Å². The predicted molar refractivity (Wildman–Crippen MR) is 85.2 cm³/mol. The van der Waals surface area contributed by atoms with Crippen LogP contribution >= 0.6 is 11.3 Å². The van der Waals surface area contributed by atoms with E-state index in [1.807, 2.05) is 29.8 Å². The number of nitrogens with zero attached hydrogens (tertiary/aromatic N) is 2. The van der Waals surface area contributed by atoms with Crippen LogP contribution in [0.3, 0.4) is 0 Å². The molecular formula is C16H23N3S. The van der Waals surface area contributed by atoms with Crippen LogP contribution in [0.2, 0.25) is 0 Å². The van der Waals surface area contributed by atoms with E-state index >= 15 is 0 Å². The topological polar surface area (TPSA) is 37.8 Å². The van der Waals surface area contributed by atoms with E-state index in [9.17, 15) is 0 Å². The Labute approximate surface area is 125 Å². The molecule has 0 fully saturated rings. The van der Waals surface area contributed by atoms with Gasteiger partial charge in [-0.2, -0.15) is 0 Å². The number of thiazole rings is 1. The predicted octanol–water partition coefficient (Wildman–Crippen LogP) is 3.54. The lowest BCUT2D eigenvalue weighted by Crippen LogP contribution is -2.18. The van der Waals surface area contributed by atoms with E-state index in [1.165, 1.54) is 21.1 Å². The average Bonchev–Trinajstić information content (AvgIpc) is 2.80. The zero-order valence-corrected chi connectivity index (χ0v) is 13.5. The summed E-state index contributed by atoms with van der Waals surface area (Å²) in [4.78, 5) is 10.4. The van der Waals surface area contributed by atoms with Crippen molar-refractivity contribution in [1.29, 1.82) is 0 Å². The molecule has 0 saturated heterocycles. The molecule has 4 heteroatoms. The van der Waals surface area contributed by atoms with Crippen molar-refractivity contribution in [2.75, 3.05) is 6.54 Å². The first-order valence-electron chi connectivity index (χ1n) is 7.09. The van der Waals surface area contributed by atoms with E-state index in [0.29, 0.717) is 0 Å². The molecule has 20 heavy (non-hydrogen) atoms. The highest BCUT2D eigenvalue weighted by Gasteiger charge is 2.22. The molecule has 0 bridgehead atoms. The molecule has 2 aromatic rings. The van der Waals surface area contributed by atoms with Gasteiger partial charge in [0.1, 0.15) is 0 Å². The molecule has 1 N–H and O–H groups in total. The second kappa shape index (κ2) is 6.46. The summed E-state index contributed by atoms with van der Waals surface area (Å²) in [5.41, 5.74) is 2.54. The molecule has 3 nitrogen and oxygen atoms in total. The lowest BCUT2D eigenvalue weighted by Gasteiger charge is -2.17. The third-order valence-corrected chi connectivity index (χ3v) is 4.12. The Morgan fingerprint density at radius 3 is 2.70 bits per heavy atom.